The van der Waals surface area contributed by atoms with Crippen molar-refractivity contribution in [1.82, 2.24) is 9.55 Å². The predicted octanol–water partition coefficient (Wildman–Crippen LogP) is 3.93. The van der Waals surface area contributed by atoms with Crippen LogP contribution in [0.3, 0.4) is 0 Å². The van der Waals surface area contributed by atoms with Crippen LogP contribution >= 0.6 is 12.2 Å². The zero-order valence-electron chi connectivity index (χ0n) is 19.6. The van der Waals surface area contributed by atoms with Crippen LogP contribution in [-0.2, 0) is 37.0 Å². The summed E-state index contributed by atoms with van der Waals surface area (Å²) in [5.41, 5.74) is 0.663. The Hall–Kier alpha value is -3.11. The van der Waals surface area contributed by atoms with E-state index in [0.717, 1.165) is 11.1 Å². The molecule has 3 aromatic rings. The van der Waals surface area contributed by atoms with Crippen molar-refractivity contribution in [2.45, 2.75) is 51.1 Å². The minimum atomic E-state index is -0.987. The molecule has 35 heavy (non-hydrogen) atoms. The predicted molar refractivity (Wildman–Crippen MR) is 131 cm³/mol. The summed E-state index contributed by atoms with van der Waals surface area (Å²) in [5.74, 6) is -0.484. The number of nitrogens with one attached hydrogen (secondary N) is 1. The summed E-state index contributed by atoms with van der Waals surface area (Å²) in [5, 5.41) is 0. The summed E-state index contributed by atoms with van der Waals surface area (Å²) >= 11 is 5.36. The number of rotatable bonds is 9. The first-order chi connectivity index (χ1) is 16.9. The number of hydrogen-bond acceptors (Lipinski definition) is 7. The molecule has 0 amide bonds. The van der Waals surface area contributed by atoms with Crippen molar-refractivity contribution < 1.29 is 23.7 Å². The van der Waals surface area contributed by atoms with Gasteiger partial charge in [0.05, 0.1) is 19.8 Å². The van der Waals surface area contributed by atoms with Crippen molar-refractivity contribution in [3.63, 3.8) is 0 Å². The normalized spacial score (nSPS) is 23.8. The fourth-order valence-corrected chi connectivity index (χ4v) is 4.42. The molecule has 9 heteroatoms. The summed E-state index contributed by atoms with van der Waals surface area (Å²) in [7, 11) is 0. The third kappa shape index (κ3) is 6.12. The molecule has 0 aliphatic carbocycles. The molecule has 0 bridgehead atoms. The Balaban J connectivity index is 1.63. The number of carbonyl (C=O) groups excluding carboxylic acids is 1. The molecule has 2 aromatic carbocycles. The first-order valence-electron chi connectivity index (χ1n) is 11.3. The highest BCUT2D eigenvalue weighted by atomic mass is 32.1. The van der Waals surface area contributed by atoms with Gasteiger partial charge in [0.1, 0.15) is 11.7 Å². The van der Waals surface area contributed by atoms with Crippen molar-refractivity contribution in [2.24, 2.45) is 0 Å². The molecule has 8 nitrogen and oxygen atoms in total. The number of benzene rings is 2. The Morgan fingerprint density at radius 3 is 2.29 bits per heavy atom. The maximum absolute atomic E-state index is 12.1. The van der Waals surface area contributed by atoms with Crippen LogP contribution in [0.1, 0.15) is 31.2 Å². The monoisotopic (exact) mass is 496 g/mol. The molecular formula is C26H28N2O6S. The highest BCUT2D eigenvalue weighted by Crippen LogP contribution is 2.41. The van der Waals surface area contributed by atoms with Crippen LogP contribution in [0, 0.1) is 4.77 Å². The Morgan fingerprint density at radius 1 is 1.06 bits per heavy atom. The van der Waals surface area contributed by atoms with Crippen LogP contribution in [-0.4, -0.2) is 39.9 Å². The van der Waals surface area contributed by atoms with Crippen molar-refractivity contribution in [1.29, 1.82) is 0 Å². The molecule has 4 atom stereocenters. The zero-order valence-corrected chi connectivity index (χ0v) is 20.4. The topological polar surface area (TPSA) is 91.8 Å². The summed E-state index contributed by atoms with van der Waals surface area (Å²) in [4.78, 5) is 26.4. The minimum absolute atomic E-state index is 0.149. The molecule has 0 radical (unpaired) electrons. The molecule has 184 valence electrons. The molecule has 1 fully saturated rings. The average molecular weight is 497 g/mol. The van der Waals surface area contributed by atoms with Crippen LogP contribution in [0.5, 0.6) is 0 Å². The molecule has 1 N–H and O–H groups in total. The van der Waals surface area contributed by atoms with Gasteiger partial charge in [-0.15, -0.1) is 0 Å². The van der Waals surface area contributed by atoms with Crippen molar-refractivity contribution in [2.75, 3.05) is 6.61 Å². The number of H-pyrrole nitrogens is 1. The fourth-order valence-electron chi connectivity index (χ4n) is 4.15. The van der Waals surface area contributed by atoms with Gasteiger partial charge in [0, 0.05) is 19.2 Å². The molecule has 0 spiro atoms. The summed E-state index contributed by atoms with van der Waals surface area (Å²) < 4.78 is 26.3. The first kappa shape index (κ1) is 25.0. The number of esters is 1. The van der Waals surface area contributed by atoms with Crippen molar-refractivity contribution in [3.05, 3.63) is 99.2 Å². The third-order valence-corrected chi connectivity index (χ3v) is 6.08. The van der Waals surface area contributed by atoms with E-state index < -0.39 is 30.0 Å². The number of aromatic amines is 1. The van der Waals surface area contributed by atoms with Gasteiger partial charge in [0.2, 0.25) is 0 Å². The van der Waals surface area contributed by atoms with Crippen LogP contribution in [0.25, 0.3) is 0 Å². The summed E-state index contributed by atoms with van der Waals surface area (Å²) in [6, 6.07) is 20.8. The van der Waals surface area contributed by atoms with Crippen LogP contribution in [0.2, 0.25) is 0 Å². The van der Waals surface area contributed by atoms with Crippen LogP contribution in [0.4, 0.5) is 0 Å². The van der Waals surface area contributed by atoms with Gasteiger partial charge in [-0.2, -0.15) is 0 Å². The second-order valence-corrected chi connectivity index (χ2v) is 8.99. The van der Waals surface area contributed by atoms with Gasteiger partial charge in [-0.3, -0.25) is 19.1 Å². The van der Waals surface area contributed by atoms with E-state index in [1.165, 1.54) is 19.2 Å². The second-order valence-electron chi connectivity index (χ2n) is 8.61. The van der Waals surface area contributed by atoms with E-state index in [1.54, 1.807) is 4.57 Å². The fraction of sp³-hybridized carbons (Fsp3) is 0.346. The Morgan fingerprint density at radius 2 is 1.69 bits per heavy atom. The van der Waals surface area contributed by atoms with Gasteiger partial charge >= 0.3 is 5.97 Å². The molecule has 2 unspecified atom stereocenters. The molecule has 4 rings (SSSR count). The molecule has 1 aliphatic rings. The van der Waals surface area contributed by atoms with Crippen molar-refractivity contribution >= 4 is 18.2 Å². The van der Waals surface area contributed by atoms with E-state index in [0.29, 0.717) is 6.61 Å². The molecule has 1 saturated heterocycles. The Labute approximate surface area is 208 Å². The van der Waals surface area contributed by atoms with Crippen LogP contribution in [0.15, 0.2) is 77.7 Å². The summed E-state index contributed by atoms with van der Waals surface area (Å²) in [6.07, 6.45) is -0.817. The lowest BCUT2D eigenvalue weighted by molar-refractivity contribution is -0.159. The smallest absolute Gasteiger partial charge is 0.303 e. The van der Waals surface area contributed by atoms with Gasteiger partial charge in [0.25, 0.3) is 5.56 Å². The third-order valence-electron chi connectivity index (χ3n) is 5.77. The van der Waals surface area contributed by atoms with E-state index >= 15 is 0 Å². The largest absolute Gasteiger partial charge is 0.455 e. The lowest BCUT2D eigenvalue weighted by Crippen LogP contribution is -2.47. The van der Waals surface area contributed by atoms with E-state index in [1.807, 2.05) is 67.6 Å². The number of ether oxygens (including phenoxy) is 4. The number of nitrogens with zero attached hydrogens (tertiary/aromatic N) is 1. The van der Waals surface area contributed by atoms with E-state index in [2.05, 4.69) is 4.98 Å². The van der Waals surface area contributed by atoms with Gasteiger partial charge in [-0.25, -0.2) is 0 Å². The zero-order chi connectivity index (χ0) is 24.8. The summed E-state index contributed by atoms with van der Waals surface area (Å²) in [6.45, 7) is 4.03. The number of hydrogen-bond donors (Lipinski definition) is 1. The standard InChI is InChI=1S/C26H28N2O6S/c1-18(29)33-22-23(32-16-20-11-7-4-8-12-20)26(2,17-31-15-19-9-5-3-6-10-19)34-24(22)28-14-13-21(30)27-25(28)35/h3-14,22-24H,15-17H2,1-2H3,(H,27,30,35)/t22?,23?,24-,26-/m1/s1. The number of aromatic nitrogens is 2. The SMILES string of the molecule is CC(=O)OC1C(OCc2ccccc2)[C@@](C)(COCc2ccccc2)O[C@H]1n1ccc(=O)[nH]c1=S. The molecular weight excluding hydrogens is 468 g/mol. The van der Waals surface area contributed by atoms with Gasteiger partial charge in [-0.05, 0) is 30.3 Å². The first-order valence-corrected chi connectivity index (χ1v) is 11.7. The van der Waals surface area contributed by atoms with Gasteiger partial charge < -0.3 is 18.9 Å². The maximum atomic E-state index is 12.1. The highest BCUT2D eigenvalue weighted by Gasteiger charge is 2.56. The number of carbonyl (C=O) groups is 1. The quantitative estimate of drug-likeness (QED) is 0.355. The molecule has 2 heterocycles. The molecule has 1 aromatic heterocycles. The minimum Gasteiger partial charge on any atom is -0.455 e. The Kier molecular flexibility index (Phi) is 7.92. The lowest BCUT2D eigenvalue weighted by atomic mass is 9.97. The lowest BCUT2D eigenvalue weighted by Gasteiger charge is -2.31. The van der Waals surface area contributed by atoms with Gasteiger partial charge in [0.15, 0.2) is 17.1 Å². The average Bonchev–Trinajstić information content (AvgIpc) is 3.09. The maximum Gasteiger partial charge on any atom is 0.303 e. The van der Waals surface area contributed by atoms with Gasteiger partial charge in [-0.1, -0.05) is 60.7 Å². The molecule has 1 aliphatic heterocycles. The molecule has 0 saturated carbocycles. The van der Waals surface area contributed by atoms with E-state index in [-0.39, 0.29) is 23.5 Å². The Bertz CT molecular complexity index is 1250. The van der Waals surface area contributed by atoms with Crippen molar-refractivity contribution in [3.8, 4) is 0 Å². The van der Waals surface area contributed by atoms with E-state index in [9.17, 15) is 9.59 Å². The van der Waals surface area contributed by atoms with E-state index in [4.69, 9.17) is 31.2 Å². The highest BCUT2D eigenvalue weighted by molar-refractivity contribution is 7.71. The second kappa shape index (κ2) is 11.1. The van der Waals surface area contributed by atoms with Crippen LogP contribution < -0.4 is 5.56 Å².